The molecule has 0 fully saturated rings. The number of ketones is 1. The third-order valence-electron chi connectivity index (χ3n) is 3.07. The van der Waals surface area contributed by atoms with Crippen LogP contribution in [-0.2, 0) is 6.18 Å². The largest absolute Gasteiger partial charge is 0.493 e. The Labute approximate surface area is 125 Å². The molecule has 22 heavy (non-hydrogen) atoms. The summed E-state index contributed by atoms with van der Waals surface area (Å²) < 4.78 is 70.7. The highest BCUT2D eigenvalue weighted by Crippen LogP contribution is 2.44. The van der Waals surface area contributed by atoms with Gasteiger partial charge in [0.2, 0.25) is 0 Å². The predicted molar refractivity (Wildman–Crippen MR) is 71.4 cm³/mol. The van der Waals surface area contributed by atoms with Crippen LogP contribution < -0.4 is 4.74 Å². The average molecular weight is 324 g/mol. The summed E-state index contributed by atoms with van der Waals surface area (Å²) in [4.78, 5) is 11.9. The van der Waals surface area contributed by atoms with Crippen molar-refractivity contribution in [2.75, 3.05) is 6.61 Å². The predicted octanol–water partition coefficient (Wildman–Crippen LogP) is 5.41. The van der Waals surface area contributed by atoms with Crippen LogP contribution in [0.3, 0.4) is 0 Å². The first-order valence-electron chi connectivity index (χ1n) is 6.92. The molecule has 0 amide bonds. The third-order valence-corrected chi connectivity index (χ3v) is 3.07. The number of Topliss-reactive ketones (excluding diaryl/α,β-unsaturated/α-hetero) is 1. The van der Waals surface area contributed by atoms with Crippen molar-refractivity contribution in [3.05, 3.63) is 28.8 Å². The fraction of sp³-hybridized carbons (Fsp3) is 0.533. The Kier molecular flexibility index (Phi) is 6.32. The zero-order valence-electron chi connectivity index (χ0n) is 12.3. The second-order valence-corrected chi connectivity index (χ2v) is 4.66. The Morgan fingerprint density at radius 2 is 1.86 bits per heavy atom. The molecule has 0 bridgehead atoms. The number of hydrogen-bond donors (Lipinski definition) is 0. The maximum absolute atomic E-state index is 13.2. The molecular formula is C15H17F5O2. The fourth-order valence-electron chi connectivity index (χ4n) is 2.11. The smallest absolute Gasteiger partial charge is 0.420 e. The Hall–Kier alpha value is -1.66. The molecule has 1 aromatic rings. The zero-order chi connectivity index (χ0) is 16.9. The summed E-state index contributed by atoms with van der Waals surface area (Å²) in [6.07, 6.45) is -7.45. The Morgan fingerprint density at radius 1 is 1.23 bits per heavy atom. The van der Waals surface area contributed by atoms with Crippen molar-refractivity contribution >= 4 is 5.78 Å². The van der Waals surface area contributed by atoms with Crippen LogP contribution in [0.25, 0.3) is 0 Å². The molecule has 0 spiro atoms. The molecule has 7 heteroatoms. The number of unbranched alkanes of at least 4 members (excludes halogenated alkanes) is 1. The molecule has 0 aliphatic carbocycles. The summed E-state index contributed by atoms with van der Waals surface area (Å²) in [5, 5.41) is 0. The minimum Gasteiger partial charge on any atom is -0.493 e. The van der Waals surface area contributed by atoms with Crippen LogP contribution in [0, 0.1) is 0 Å². The molecule has 1 aromatic carbocycles. The summed E-state index contributed by atoms with van der Waals surface area (Å²) in [6, 6.07) is 1.91. The first kappa shape index (κ1) is 18.4. The maximum Gasteiger partial charge on any atom is 0.420 e. The number of hydrogen-bond acceptors (Lipinski definition) is 2. The van der Waals surface area contributed by atoms with Crippen LogP contribution in [0.15, 0.2) is 12.1 Å². The second kappa shape index (κ2) is 7.56. The van der Waals surface area contributed by atoms with E-state index in [0.29, 0.717) is 12.8 Å². The number of halogens is 5. The van der Waals surface area contributed by atoms with Crippen molar-refractivity contribution in [2.24, 2.45) is 0 Å². The van der Waals surface area contributed by atoms with Gasteiger partial charge in [0.15, 0.2) is 5.78 Å². The monoisotopic (exact) mass is 324 g/mol. The topological polar surface area (TPSA) is 26.3 Å². The lowest BCUT2D eigenvalue weighted by Gasteiger charge is -2.19. The van der Waals surface area contributed by atoms with E-state index < -0.39 is 40.8 Å². The van der Waals surface area contributed by atoms with E-state index in [1.807, 2.05) is 0 Å². The molecule has 0 N–H and O–H groups in total. The average Bonchev–Trinajstić information content (AvgIpc) is 2.43. The van der Waals surface area contributed by atoms with E-state index in [1.54, 1.807) is 6.92 Å². The molecule has 0 heterocycles. The third kappa shape index (κ3) is 4.18. The molecule has 0 saturated heterocycles. The van der Waals surface area contributed by atoms with Crippen LogP contribution >= 0.6 is 0 Å². The number of alkyl halides is 5. The normalized spacial score (nSPS) is 11.8. The van der Waals surface area contributed by atoms with Gasteiger partial charge in [-0.25, -0.2) is 8.78 Å². The van der Waals surface area contributed by atoms with Gasteiger partial charge in [-0.15, -0.1) is 0 Å². The molecule has 124 valence electrons. The van der Waals surface area contributed by atoms with Gasteiger partial charge in [-0.3, -0.25) is 4.79 Å². The molecule has 1 rings (SSSR count). The van der Waals surface area contributed by atoms with Crippen LogP contribution in [0.5, 0.6) is 5.75 Å². The molecule has 2 nitrogen and oxygen atoms in total. The number of benzene rings is 1. The number of rotatable bonds is 7. The Balaban J connectivity index is 3.50. The lowest BCUT2D eigenvalue weighted by atomic mass is 9.94. The lowest BCUT2D eigenvalue weighted by molar-refractivity contribution is -0.140. The van der Waals surface area contributed by atoms with Crippen molar-refractivity contribution in [1.29, 1.82) is 0 Å². The molecular weight excluding hydrogens is 307 g/mol. The minimum absolute atomic E-state index is 0.0680. The highest BCUT2D eigenvalue weighted by molar-refractivity contribution is 5.98. The van der Waals surface area contributed by atoms with E-state index in [1.165, 1.54) is 6.92 Å². The van der Waals surface area contributed by atoms with Gasteiger partial charge in [0.1, 0.15) is 11.3 Å². The molecule has 0 aliphatic heterocycles. The number of ether oxygens (including phenoxy) is 1. The second-order valence-electron chi connectivity index (χ2n) is 4.66. The SMILES string of the molecule is CCCCC(=O)c1ccc(OCC)c(C(F)(F)F)c1C(F)F. The van der Waals surface area contributed by atoms with E-state index in [-0.39, 0.29) is 13.0 Å². The van der Waals surface area contributed by atoms with Gasteiger partial charge in [-0.1, -0.05) is 13.3 Å². The quantitative estimate of drug-likeness (QED) is 0.495. The van der Waals surface area contributed by atoms with E-state index >= 15 is 0 Å². The summed E-state index contributed by atoms with van der Waals surface area (Å²) in [7, 11) is 0. The number of carbonyl (C=O) groups is 1. The van der Waals surface area contributed by atoms with Crippen molar-refractivity contribution in [2.45, 2.75) is 45.7 Å². The summed E-state index contributed by atoms with van der Waals surface area (Å²) in [6.45, 7) is 3.14. The highest BCUT2D eigenvalue weighted by atomic mass is 19.4. The molecule has 0 radical (unpaired) electrons. The Morgan fingerprint density at radius 3 is 2.32 bits per heavy atom. The van der Waals surface area contributed by atoms with Gasteiger partial charge in [-0.05, 0) is 25.5 Å². The summed E-state index contributed by atoms with van der Waals surface area (Å²) >= 11 is 0. The van der Waals surface area contributed by atoms with Gasteiger partial charge in [0, 0.05) is 17.5 Å². The highest BCUT2D eigenvalue weighted by Gasteiger charge is 2.41. The first-order valence-corrected chi connectivity index (χ1v) is 6.92. The molecule has 0 saturated carbocycles. The summed E-state index contributed by atoms with van der Waals surface area (Å²) in [5.74, 6) is -1.40. The molecule has 0 aliphatic rings. The minimum atomic E-state index is -5.03. The summed E-state index contributed by atoms with van der Waals surface area (Å²) in [5.41, 5.74) is -3.44. The van der Waals surface area contributed by atoms with Gasteiger partial charge < -0.3 is 4.74 Å². The van der Waals surface area contributed by atoms with E-state index in [9.17, 15) is 26.7 Å². The standard InChI is InChI=1S/C15H17F5O2/c1-3-5-6-10(21)9-7-8-11(22-4-2)13(15(18,19)20)12(9)14(16)17/h7-8,14H,3-6H2,1-2H3. The van der Waals surface area contributed by atoms with Crippen LogP contribution in [0.1, 0.15) is 61.0 Å². The molecule has 0 unspecified atom stereocenters. The lowest BCUT2D eigenvalue weighted by Crippen LogP contribution is -2.16. The maximum atomic E-state index is 13.2. The Bertz CT molecular complexity index is 523. The van der Waals surface area contributed by atoms with Gasteiger partial charge in [0.25, 0.3) is 6.43 Å². The van der Waals surface area contributed by atoms with Crippen LogP contribution in [0.2, 0.25) is 0 Å². The van der Waals surface area contributed by atoms with Crippen molar-refractivity contribution in [3.63, 3.8) is 0 Å². The number of carbonyl (C=O) groups excluding carboxylic acids is 1. The van der Waals surface area contributed by atoms with Crippen LogP contribution in [0.4, 0.5) is 22.0 Å². The van der Waals surface area contributed by atoms with Crippen LogP contribution in [-0.4, -0.2) is 12.4 Å². The van der Waals surface area contributed by atoms with Gasteiger partial charge in [0.05, 0.1) is 6.61 Å². The first-order chi connectivity index (χ1) is 10.2. The fourth-order valence-corrected chi connectivity index (χ4v) is 2.11. The zero-order valence-corrected chi connectivity index (χ0v) is 12.3. The van der Waals surface area contributed by atoms with Crippen molar-refractivity contribution in [3.8, 4) is 5.75 Å². The van der Waals surface area contributed by atoms with Crippen molar-refractivity contribution in [1.82, 2.24) is 0 Å². The van der Waals surface area contributed by atoms with Gasteiger partial charge >= 0.3 is 6.18 Å². The van der Waals surface area contributed by atoms with E-state index in [0.717, 1.165) is 12.1 Å². The van der Waals surface area contributed by atoms with E-state index in [4.69, 9.17) is 4.74 Å². The van der Waals surface area contributed by atoms with Gasteiger partial charge in [-0.2, -0.15) is 13.2 Å². The molecule has 0 aromatic heterocycles. The molecule has 0 atom stereocenters. The van der Waals surface area contributed by atoms with E-state index in [2.05, 4.69) is 0 Å². The van der Waals surface area contributed by atoms with Crippen molar-refractivity contribution < 1.29 is 31.5 Å².